The Hall–Kier alpha value is -3.21. The molecule has 2 aromatic heterocycles. The van der Waals surface area contributed by atoms with E-state index in [1.54, 1.807) is 30.3 Å². The van der Waals surface area contributed by atoms with Crippen molar-refractivity contribution in [1.29, 1.82) is 5.26 Å². The molecule has 0 radical (unpaired) electrons. The third-order valence-corrected chi connectivity index (χ3v) is 4.36. The highest BCUT2D eigenvalue weighted by Gasteiger charge is 2.33. The molecule has 3 heterocycles. The first-order valence-electron chi connectivity index (χ1n) is 8.53. The fourth-order valence-corrected chi connectivity index (χ4v) is 3.20. The van der Waals surface area contributed by atoms with Crippen LogP contribution in [-0.2, 0) is 16.1 Å². The van der Waals surface area contributed by atoms with Crippen LogP contribution in [0.15, 0.2) is 30.6 Å². The summed E-state index contributed by atoms with van der Waals surface area (Å²) in [5, 5.41) is 15.6. The molecular weight excluding hydrogens is 332 g/mol. The number of nitrogens with one attached hydrogen (secondary N) is 1. The van der Waals surface area contributed by atoms with Crippen LogP contribution in [0.4, 0.5) is 5.82 Å². The number of carbonyl (C=O) groups is 2. The van der Waals surface area contributed by atoms with E-state index < -0.39 is 11.8 Å². The molecule has 1 fully saturated rings. The molecule has 1 N–H and O–H groups in total. The zero-order valence-electron chi connectivity index (χ0n) is 14.6. The van der Waals surface area contributed by atoms with Gasteiger partial charge >= 0.3 is 11.8 Å². The lowest BCUT2D eigenvalue weighted by Gasteiger charge is -2.24. The van der Waals surface area contributed by atoms with Gasteiger partial charge in [0, 0.05) is 25.0 Å². The van der Waals surface area contributed by atoms with Crippen LogP contribution in [0.1, 0.15) is 36.6 Å². The largest absolute Gasteiger partial charge is 0.327 e. The van der Waals surface area contributed by atoms with Gasteiger partial charge in [0.2, 0.25) is 0 Å². The predicted octanol–water partition coefficient (Wildman–Crippen LogP) is 1.80. The van der Waals surface area contributed by atoms with Gasteiger partial charge < -0.3 is 10.2 Å². The second-order valence-corrected chi connectivity index (χ2v) is 6.20. The van der Waals surface area contributed by atoms with E-state index in [0.29, 0.717) is 24.6 Å². The molecule has 0 aromatic carbocycles. The molecule has 134 valence electrons. The van der Waals surface area contributed by atoms with E-state index in [-0.39, 0.29) is 12.5 Å². The molecule has 8 heteroatoms. The number of aromatic nitrogens is 3. The Morgan fingerprint density at radius 1 is 1.46 bits per heavy atom. The minimum absolute atomic E-state index is 0.132. The lowest BCUT2D eigenvalue weighted by Crippen LogP contribution is -2.39. The van der Waals surface area contributed by atoms with Crippen molar-refractivity contribution in [2.24, 2.45) is 0 Å². The van der Waals surface area contributed by atoms with Crippen molar-refractivity contribution in [2.45, 2.75) is 38.8 Å². The average molecular weight is 352 g/mol. The first kappa shape index (κ1) is 17.6. The summed E-state index contributed by atoms with van der Waals surface area (Å²) in [6.07, 6.45) is 5.34. The molecule has 1 aliphatic rings. The van der Waals surface area contributed by atoms with Gasteiger partial charge in [0.15, 0.2) is 0 Å². The second-order valence-electron chi connectivity index (χ2n) is 6.20. The highest BCUT2D eigenvalue weighted by molar-refractivity contribution is 6.39. The SMILES string of the molecule is Cc1cc(NC(=O)C(=O)N2CCCC2c2cccnc2)n(CCC#N)n1. The minimum atomic E-state index is -0.695. The first-order valence-corrected chi connectivity index (χ1v) is 8.53. The number of aryl methyl sites for hydroxylation is 2. The topological polar surface area (TPSA) is 104 Å². The van der Waals surface area contributed by atoms with Gasteiger partial charge in [-0.05, 0) is 31.4 Å². The Labute approximate surface area is 151 Å². The van der Waals surface area contributed by atoms with Crippen LogP contribution in [0.2, 0.25) is 0 Å². The van der Waals surface area contributed by atoms with Crippen molar-refractivity contribution in [3.8, 4) is 6.07 Å². The van der Waals surface area contributed by atoms with Crippen molar-refractivity contribution in [3.05, 3.63) is 41.9 Å². The molecule has 0 saturated carbocycles. The van der Waals surface area contributed by atoms with Crippen LogP contribution in [0.5, 0.6) is 0 Å². The Balaban J connectivity index is 1.72. The number of carbonyl (C=O) groups excluding carboxylic acids is 2. The maximum absolute atomic E-state index is 12.7. The summed E-state index contributed by atoms with van der Waals surface area (Å²) in [6.45, 7) is 2.69. The molecular formula is C18H20N6O2. The van der Waals surface area contributed by atoms with E-state index in [1.807, 2.05) is 18.2 Å². The normalized spacial score (nSPS) is 16.3. The molecule has 0 aliphatic carbocycles. The van der Waals surface area contributed by atoms with Gasteiger partial charge in [0.25, 0.3) is 0 Å². The van der Waals surface area contributed by atoms with Crippen molar-refractivity contribution in [1.82, 2.24) is 19.7 Å². The number of amides is 2. The molecule has 3 rings (SSSR count). The standard InChI is InChI=1S/C18H20N6O2/c1-13-11-16(24(22-13)10-4-7-19)21-17(25)18(26)23-9-3-6-15(23)14-5-2-8-20-12-14/h2,5,8,11-12,15H,3-4,6,9-10H2,1H3,(H,21,25). The fourth-order valence-electron chi connectivity index (χ4n) is 3.20. The summed E-state index contributed by atoms with van der Waals surface area (Å²) in [6, 6.07) is 7.34. The zero-order valence-corrected chi connectivity index (χ0v) is 14.6. The predicted molar refractivity (Wildman–Crippen MR) is 93.7 cm³/mol. The lowest BCUT2D eigenvalue weighted by atomic mass is 10.1. The molecule has 1 unspecified atom stereocenters. The maximum atomic E-state index is 12.7. The smallest absolute Gasteiger partial charge is 0.315 e. The van der Waals surface area contributed by atoms with Crippen LogP contribution in [0, 0.1) is 18.3 Å². The number of pyridine rings is 1. The number of anilines is 1. The number of nitriles is 1. The van der Waals surface area contributed by atoms with Crippen molar-refractivity contribution < 1.29 is 9.59 Å². The van der Waals surface area contributed by atoms with E-state index in [1.165, 1.54) is 4.68 Å². The highest BCUT2D eigenvalue weighted by atomic mass is 16.2. The molecule has 0 spiro atoms. The van der Waals surface area contributed by atoms with E-state index >= 15 is 0 Å². The molecule has 1 saturated heterocycles. The third kappa shape index (κ3) is 3.72. The van der Waals surface area contributed by atoms with Gasteiger partial charge in [-0.1, -0.05) is 6.07 Å². The third-order valence-electron chi connectivity index (χ3n) is 4.36. The number of nitrogens with zero attached hydrogens (tertiary/aromatic N) is 5. The molecule has 1 aliphatic heterocycles. The molecule has 2 aromatic rings. The van der Waals surface area contributed by atoms with Crippen LogP contribution in [0.25, 0.3) is 0 Å². The summed E-state index contributed by atoms with van der Waals surface area (Å²) in [5.41, 5.74) is 1.64. The number of hydrogen-bond acceptors (Lipinski definition) is 5. The summed E-state index contributed by atoms with van der Waals surface area (Å²) in [4.78, 5) is 30.9. The Morgan fingerprint density at radius 3 is 3.04 bits per heavy atom. The second kappa shape index (κ2) is 7.78. The van der Waals surface area contributed by atoms with Crippen molar-refractivity contribution >= 4 is 17.6 Å². The van der Waals surface area contributed by atoms with Crippen LogP contribution < -0.4 is 5.32 Å². The Bertz CT molecular complexity index is 839. The van der Waals surface area contributed by atoms with E-state index in [9.17, 15) is 9.59 Å². The first-order chi connectivity index (χ1) is 12.6. The van der Waals surface area contributed by atoms with Gasteiger partial charge in [0.1, 0.15) is 5.82 Å². The van der Waals surface area contributed by atoms with Crippen molar-refractivity contribution in [3.63, 3.8) is 0 Å². The summed E-state index contributed by atoms with van der Waals surface area (Å²) in [7, 11) is 0. The Kier molecular flexibility index (Phi) is 5.27. The zero-order chi connectivity index (χ0) is 18.5. The molecule has 26 heavy (non-hydrogen) atoms. The maximum Gasteiger partial charge on any atom is 0.315 e. The molecule has 1 atom stereocenters. The number of hydrogen-bond donors (Lipinski definition) is 1. The van der Waals surface area contributed by atoms with Crippen LogP contribution >= 0.6 is 0 Å². The molecule has 2 amide bonds. The van der Waals surface area contributed by atoms with Gasteiger partial charge in [-0.2, -0.15) is 10.4 Å². The summed E-state index contributed by atoms with van der Waals surface area (Å²) in [5.74, 6) is -0.839. The number of rotatable bonds is 4. The van der Waals surface area contributed by atoms with Crippen LogP contribution in [-0.4, -0.2) is 38.0 Å². The van der Waals surface area contributed by atoms with Gasteiger partial charge in [0.05, 0.1) is 30.8 Å². The van der Waals surface area contributed by atoms with E-state index in [4.69, 9.17) is 5.26 Å². The molecule has 0 bridgehead atoms. The Morgan fingerprint density at radius 2 is 2.31 bits per heavy atom. The summed E-state index contributed by atoms with van der Waals surface area (Å²) < 4.78 is 1.53. The lowest BCUT2D eigenvalue weighted by molar-refractivity contribution is -0.143. The average Bonchev–Trinajstić information content (AvgIpc) is 3.26. The molecule has 8 nitrogen and oxygen atoms in total. The van der Waals surface area contributed by atoms with E-state index in [0.717, 1.165) is 18.4 Å². The fraction of sp³-hybridized carbons (Fsp3) is 0.389. The van der Waals surface area contributed by atoms with Crippen LogP contribution in [0.3, 0.4) is 0 Å². The number of likely N-dealkylation sites (tertiary alicyclic amines) is 1. The van der Waals surface area contributed by atoms with Gasteiger partial charge in [-0.15, -0.1) is 0 Å². The monoisotopic (exact) mass is 352 g/mol. The van der Waals surface area contributed by atoms with Crippen molar-refractivity contribution in [2.75, 3.05) is 11.9 Å². The van der Waals surface area contributed by atoms with Gasteiger partial charge in [-0.25, -0.2) is 4.68 Å². The summed E-state index contributed by atoms with van der Waals surface area (Å²) >= 11 is 0. The van der Waals surface area contributed by atoms with Gasteiger partial charge in [-0.3, -0.25) is 14.6 Å². The quantitative estimate of drug-likeness (QED) is 0.845. The minimum Gasteiger partial charge on any atom is -0.327 e. The highest BCUT2D eigenvalue weighted by Crippen LogP contribution is 2.31. The van der Waals surface area contributed by atoms with E-state index in [2.05, 4.69) is 15.4 Å².